The summed E-state index contributed by atoms with van der Waals surface area (Å²) < 4.78 is 6.34. The quantitative estimate of drug-likeness (QED) is 0.728. The molecule has 3 rings (SSSR count). The van der Waals surface area contributed by atoms with Gasteiger partial charge in [-0.3, -0.25) is 9.69 Å². The first kappa shape index (κ1) is 20.8. The maximum Gasteiger partial charge on any atom is 0.228 e. The minimum atomic E-state index is 0.0129. The average molecular weight is 402 g/mol. The monoisotopic (exact) mass is 401 g/mol. The van der Waals surface area contributed by atoms with Crippen LogP contribution in [-0.2, 0) is 4.79 Å². The van der Waals surface area contributed by atoms with Crippen molar-refractivity contribution in [1.82, 2.24) is 10.2 Å². The van der Waals surface area contributed by atoms with Crippen LogP contribution in [0.1, 0.15) is 37.7 Å². The third-order valence-electron chi connectivity index (χ3n) is 5.18. The lowest BCUT2D eigenvalue weighted by molar-refractivity contribution is -0.118. The van der Waals surface area contributed by atoms with Gasteiger partial charge < -0.3 is 15.0 Å². The average Bonchev–Trinajstić information content (AvgIpc) is 3.15. The second-order valence-corrected chi connectivity index (χ2v) is 8.42. The van der Waals surface area contributed by atoms with Gasteiger partial charge in [-0.1, -0.05) is 12.1 Å². The maximum atomic E-state index is 12.7. The molecule has 152 valence electrons. The smallest absolute Gasteiger partial charge is 0.228 e. The first-order valence-corrected chi connectivity index (χ1v) is 11.0. The van der Waals surface area contributed by atoms with Gasteiger partial charge in [0, 0.05) is 55.1 Å². The van der Waals surface area contributed by atoms with Crippen LogP contribution in [0, 0.1) is 0 Å². The molecule has 0 spiro atoms. The Kier molecular flexibility index (Phi) is 7.48. The minimum Gasteiger partial charge on any atom is -0.485 e. The number of hydrogen-bond donors (Lipinski definition) is 1. The molecule has 1 aromatic carbocycles. The fraction of sp³-hybridized carbons (Fsp3) is 0.500. The molecule has 28 heavy (non-hydrogen) atoms. The first-order valence-electron chi connectivity index (χ1n) is 10.1. The van der Waals surface area contributed by atoms with Gasteiger partial charge in [0.1, 0.15) is 11.9 Å². The van der Waals surface area contributed by atoms with Crippen LogP contribution in [0.25, 0.3) is 0 Å². The Labute approximate surface area is 172 Å². The summed E-state index contributed by atoms with van der Waals surface area (Å²) >= 11 is 1.72. The van der Waals surface area contributed by atoms with Crippen LogP contribution in [0.5, 0.6) is 5.75 Å². The fourth-order valence-electron chi connectivity index (χ4n) is 3.53. The number of anilines is 1. The van der Waals surface area contributed by atoms with Gasteiger partial charge in [0.2, 0.25) is 5.91 Å². The zero-order valence-electron chi connectivity index (χ0n) is 17.1. The van der Waals surface area contributed by atoms with Gasteiger partial charge in [0.25, 0.3) is 0 Å². The Morgan fingerprint density at radius 3 is 2.75 bits per heavy atom. The second kappa shape index (κ2) is 10.0. The van der Waals surface area contributed by atoms with E-state index in [1.165, 1.54) is 4.88 Å². The predicted molar refractivity (Wildman–Crippen MR) is 116 cm³/mol. The zero-order valence-corrected chi connectivity index (χ0v) is 17.9. The van der Waals surface area contributed by atoms with Crippen molar-refractivity contribution in [2.45, 2.75) is 38.8 Å². The molecule has 2 aromatic rings. The van der Waals surface area contributed by atoms with Crippen LogP contribution in [0.15, 0.2) is 41.8 Å². The lowest BCUT2D eigenvalue weighted by Gasteiger charge is -2.25. The molecule has 0 bridgehead atoms. The number of rotatable bonds is 8. The summed E-state index contributed by atoms with van der Waals surface area (Å²) in [5, 5.41) is 5.28. The molecule has 2 heterocycles. The molecule has 6 heteroatoms. The molecular weight excluding hydrogens is 370 g/mol. The molecular formula is C22H31N3O2S. The number of benzene rings is 1. The Balaban J connectivity index is 1.74. The Bertz CT molecular complexity index is 748. The highest BCUT2D eigenvalue weighted by Gasteiger charge is 2.24. The van der Waals surface area contributed by atoms with Crippen molar-refractivity contribution in [2.75, 3.05) is 38.1 Å². The van der Waals surface area contributed by atoms with Crippen molar-refractivity contribution >= 4 is 22.9 Å². The van der Waals surface area contributed by atoms with Crippen LogP contribution in [0.3, 0.4) is 0 Å². The number of hydrogen-bond acceptors (Lipinski definition) is 5. The molecule has 1 N–H and O–H groups in total. The van der Waals surface area contributed by atoms with Crippen molar-refractivity contribution in [2.24, 2.45) is 0 Å². The van der Waals surface area contributed by atoms with E-state index in [9.17, 15) is 4.79 Å². The van der Waals surface area contributed by atoms with E-state index in [2.05, 4.69) is 41.6 Å². The predicted octanol–water partition coefficient (Wildman–Crippen LogP) is 3.92. The van der Waals surface area contributed by atoms with Crippen LogP contribution in [-0.4, -0.2) is 50.1 Å². The van der Waals surface area contributed by atoms with Crippen LogP contribution >= 0.6 is 11.3 Å². The van der Waals surface area contributed by atoms with E-state index in [0.717, 1.165) is 37.5 Å². The molecule has 1 aliphatic rings. The van der Waals surface area contributed by atoms with Gasteiger partial charge >= 0.3 is 0 Å². The van der Waals surface area contributed by atoms with Crippen LogP contribution in [0.2, 0.25) is 0 Å². The fourth-order valence-corrected chi connectivity index (χ4v) is 4.32. The lowest BCUT2D eigenvalue weighted by atomic mass is 10.2. The number of nitrogens with zero attached hydrogens (tertiary/aromatic N) is 2. The molecule has 1 amide bonds. The highest BCUT2D eigenvalue weighted by Crippen LogP contribution is 2.30. The van der Waals surface area contributed by atoms with Crippen LogP contribution in [0.4, 0.5) is 5.69 Å². The zero-order chi connectivity index (χ0) is 19.9. The Morgan fingerprint density at radius 2 is 2.04 bits per heavy atom. The highest BCUT2D eigenvalue weighted by molar-refractivity contribution is 7.10. The van der Waals surface area contributed by atoms with Crippen molar-refractivity contribution < 1.29 is 9.53 Å². The normalized spacial score (nSPS) is 17.0. The lowest BCUT2D eigenvalue weighted by Crippen LogP contribution is -2.35. The van der Waals surface area contributed by atoms with Gasteiger partial charge in [-0.25, -0.2) is 0 Å². The summed E-state index contributed by atoms with van der Waals surface area (Å²) in [6.45, 7) is 7.70. The minimum absolute atomic E-state index is 0.0129. The number of carbonyl (C=O) groups excluding carboxylic acids is 1. The topological polar surface area (TPSA) is 44.8 Å². The van der Waals surface area contributed by atoms with Crippen molar-refractivity contribution in [1.29, 1.82) is 0 Å². The van der Waals surface area contributed by atoms with E-state index in [0.29, 0.717) is 19.0 Å². The number of thiophene rings is 1. The summed E-state index contributed by atoms with van der Waals surface area (Å²) in [5.41, 5.74) is 0.923. The molecule has 1 saturated heterocycles. The molecule has 1 aromatic heterocycles. The van der Waals surface area contributed by atoms with Crippen molar-refractivity contribution in [3.05, 3.63) is 46.7 Å². The van der Waals surface area contributed by atoms with Crippen molar-refractivity contribution in [3.8, 4) is 5.75 Å². The van der Waals surface area contributed by atoms with E-state index in [1.807, 2.05) is 36.2 Å². The largest absolute Gasteiger partial charge is 0.485 e. The number of amides is 1. The van der Waals surface area contributed by atoms with Gasteiger partial charge in [-0.2, -0.15) is 0 Å². The number of ether oxygens (including phenoxy) is 1. The second-order valence-electron chi connectivity index (χ2n) is 7.44. The number of carbonyl (C=O) groups is 1. The third-order valence-corrected chi connectivity index (χ3v) is 6.14. The molecule has 0 saturated carbocycles. The molecule has 0 radical (unpaired) electrons. The van der Waals surface area contributed by atoms with E-state index in [1.54, 1.807) is 11.3 Å². The standard InChI is InChI=1S/C22H31N3O2S/c1-17(2)24-12-10-22(26)25(14-13-24)18-6-4-7-19(16-18)27-20(9-11-23-3)21-8-5-15-28-21/h4-8,15-17,20,23H,9-14H2,1-3H3/t20-/m0/s1. The van der Waals surface area contributed by atoms with E-state index in [4.69, 9.17) is 4.74 Å². The Morgan fingerprint density at radius 1 is 1.18 bits per heavy atom. The molecule has 0 unspecified atom stereocenters. The van der Waals surface area contributed by atoms with Gasteiger partial charge in [-0.05, 0) is 51.0 Å². The van der Waals surface area contributed by atoms with E-state index < -0.39 is 0 Å². The summed E-state index contributed by atoms with van der Waals surface area (Å²) in [6, 6.07) is 12.6. The highest BCUT2D eigenvalue weighted by atomic mass is 32.1. The van der Waals surface area contributed by atoms with Gasteiger partial charge in [-0.15, -0.1) is 11.3 Å². The van der Waals surface area contributed by atoms with Crippen molar-refractivity contribution in [3.63, 3.8) is 0 Å². The number of nitrogens with one attached hydrogen (secondary N) is 1. The Hall–Kier alpha value is -1.89. The summed E-state index contributed by atoms with van der Waals surface area (Å²) in [6.07, 6.45) is 1.47. The molecule has 1 aliphatic heterocycles. The SMILES string of the molecule is CNCC[C@H](Oc1cccc(N2CCN(C(C)C)CCC2=O)c1)c1cccs1. The molecule has 0 aliphatic carbocycles. The maximum absolute atomic E-state index is 12.7. The van der Waals surface area contributed by atoms with E-state index >= 15 is 0 Å². The third kappa shape index (κ3) is 5.34. The van der Waals surface area contributed by atoms with E-state index in [-0.39, 0.29) is 12.0 Å². The molecule has 1 fully saturated rings. The van der Waals surface area contributed by atoms with Gasteiger partial charge in [0.05, 0.1) is 0 Å². The summed E-state index contributed by atoms with van der Waals surface area (Å²) in [5.74, 6) is 0.995. The molecule has 1 atom stereocenters. The van der Waals surface area contributed by atoms with Crippen LogP contribution < -0.4 is 15.0 Å². The summed E-state index contributed by atoms with van der Waals surface area (Å²) in [7, 11) is 1.96. The summed E-state index contributed by atoms with van der Waals surface area (Å²) in [4.78, 5) is 18.2. The van der Waals surface area contributed by atoms with Gasteiger partial charge in [0.15, 0.2) is 0 Å². The molecule has 5 nitrogen and oxygen atoms in total. The first-order chi connectivity index (χ1) is 13.6.